The summed E-state index contributed by atoms with van der Waals surface area (Å²) in [5.74, 6) is 2.25. The van der Waals surface area contributed by atoms with Gasteiger partial charge in [-0.25, -0.2) is 0 Å². The quantitative estimate of drug-likeness (QED) is 0.167. The van der Waals surface area contributed by atoms with Crippen LogP contribution in [0, 0.1) is 5.41 Å². The Balaban J connectivity index is 0.00000900. The van der Waals surface area contributed by atoms with Crippen LogP contribution in [0.2, 0.25) is 0 Å². The zero-order valence-corrected chi connectivity index (χ0v) is 22.5. The van der Waals surface area contributed by atoms with E-state index in [1.165, 1.54) is 0 Å². The maximum atomic E-state index is 11.9. The predicted molar refractivity (Wildman–Crippen MR) is 139 cm³/mol. The lowest BCUT2D eigenvalue weighted by Gasteiger charge is -2.21. The molecular weight excluding hydrogens is 507 g/mol. The van der Waals surface area contributed by atoms with E-state index < -0.39 is 0 Å². The number of aliphatic imine (C=N–C) groups is 1. The number of nitrogens with zero attached hydrogens (tertiary/aromatic N) is 1. The molecule has 0 heterocycles. The molecule has 7 nitrogen and oxygen atoms in total. The number of benzene rings is 1. The van der Waals surface area contributed by atoms with E-state index in [0.717, 1.165) is 29.9 Å². The lowest BCUT2D eigenvalue weighted by Crippen LogP contribution is -2.44. The fraction of sp³-hybridized carbons (Fsp3) is 0.652. The molecule has 178 valence electrons. The Kier molecular flexibility index (Phi) is 14.3. The maximum Gasteiger partial charge on any atom is 0.225 e. The molecule has 3 N–H and O–H groups in total. The number of carbonyl (C=O) groups excluding carboxylic acids is 1. The highest BCUT2D eigenvalue weighted by molar-refractivity contribution is 14.0. The van der Waals surface area contributed by atoms with Crippen molar-refractivity contribution >= 4 is 35.8 Å². The summed E-state index contributed by atoms with van der Waals surface area (Å²) < 4.78 is 11.7. The number of halogens is 1. The molecule has 0 aliphatic heterocycles. The Morgan fingerprint density at radius 3 is 2.16 bits per heavy atom. The number of hydrogen-bond acceptors (Lipinski definition) is 4. The summed E-state index contributed by atoms with van der Waals surface area (Å²) in [6.07, 6.45) is 1.89. The van der Waals surface area contributed by atoms with Gasteiger partial charge in [0.15, 0.2) is 17.5 Å². The van der Waals surface area contributed by atoms with Gasteiger partial charge in [-0.2, -0.15) is 0 Å². The van der Waals surface area contributed by atoms with Crippen molar-refractivity contribution in [2.45, 2.75) is 60.4 Å². The van der Waals surface area contributed by atoms with Crippen LogP contribution in [0.1, 0.15) is 66.0 Å². The van der Waals surface area contributed by atoms with Crippen LogP contribution in [0.25, 0.3) is 0 Å². The van der Waals surface area contributed by atoms with E-state index in [2.05, 4.69) is 41.7 Å². The first kappa shape index (κ1) is 29.3. The van der Waals surface area contributed by atoms with Crippen molar-refractivity contribution in [3.05, 3.63) is 23.8 Å². The van der Waals surface area contributed by atoms with E-state index in [-0.39, 0.29) is 41.3 Å². The van der Waals surface area contributed by atoms with Crippen LogP contribution in [0.15, 0.2) is 23.2 Å². The molecule has 0 bridgehead atoms. The van der Waals surface area contributed by atoms with E-state index in [0.29, 0.717) is 32.3 Å². The van der Waals surface area contributed by atoms with Crippen molar-refractivity contribution < 1.29 is 14.3 Å². The topological polar surface area (TPSA) is 84.0 Å². The lowest BCUT2D eigenvalue weighted by molar-refractivity contribution is -0.128. The van der Waals surface area contributed by atoms with Crippen molar-refractivity contribution in [3.63, 3.8) is 0 Å². The number of hydrogen-bond donors (Lipinski definition) is 3. The maximum absolute atomic E-state index is 11.9. The third kappa shape index (κ3) is 10.9. The van der Waals surface area contributed by atoms with Crippen LogP contribution in [-0.2, 0) is 4.79 Å². The molecular formula is C23H41IN4O3. The number of rotatable bonds is 11. The highest BCUT2D eigenvalue weighted by Gasteiger charge is 2.20. The van der Waals surface area contributed by atoms with Gasteiger partial charge in [0.1, 0.15) is 0 Å². The SMILES string of the molecule is CCCOc1ccc(C(C)NC(=NC)NCCNC(=O)C(C)(C)C)cc1OCCC.I. The number of nitrogens with one attached hydrogen (secondary N) is 3. The Morgan fingerprint density at radius 2 is 1.61 bits per heavy atom. The van der Waals surface area contributed by atoms with Gasteiger partial charge in [0.05, 0.1) is 19.3 Å². The van der Waals surface area contributed by atoms with Crippen LogP contribution >= 0.6 is 24.0 Å². The Morgan fingerprint density at radius 1 is 1.03 bits per heavy atom. The predicted octanol–water partition coefficient (Wildman–Crippen LogP) is 4.27. The zero-order chi connectivity index (χ0) is 22.6. The monoisotopic (exact) mass is 548 g/mol. The molecule has 0 fully saturated rings. The first-order valence-electron chi connectivity index (χ1n) is 10.9. The van der Waals surface area contributed by atoms with Gasteiger partial charge in [-0.15, -0.1) is 24.0 Å². The summed E-state index contributed by atoms with van der Waals surface area (Å²) in [6, 6.07) is 6.05. The van der Waals surface area contributed by atoms with E-state index in [9.17, 15) is 4.79 Å². The first-order chi connectivity index (χ1) is 14.2. The molecule has 8 heteroatoms. The van der Waals surface area contributed by atoms with Gasteiger partial charge in [0, 0.05) is 25.6 Å². The normalized spacial score (nSPS) is 12.4. The molecule has 1 unspecified atom stereocenters. The van der Waals surface area contributed by atoms with E-state index >= 15 is 0 Å². The van der Waals surface area contributed by atoms with Gasteiger partial charge in [0.25, 0.3) is 0 Å². The molecule has 0 saturated heterocycles. The van der Waals surface area contributed by atoms with Crippen molar-refractivity contribution in [2.75, 3.05) is 33.4 Å². The van der Waals surface area contributed by atoms with Crippen molar-refractivity contribution in [1.29, 1.82) is 0 Å². The Bertz CT molecular complexity index is 690. The summed E-state index contributed by atoms with van der Waals surface area (Å²) in [4.78, 5) is 16.2. The van der Waals surface area contributed by atoms with Crippen LogP contribution in [0.5, 0.6) is 11.5 Å². The standard InChI is InChI=1S/C23H40N4O3.HI/c1-8-14-29-19-11-10-18(16-20(19)30-15-9-2)17(3)27-22(24-7)26-13-12-25-21(28)23(4,5)6;/h10-11,16-17H,8-9,12-15H2,1-7H3,(H,25,28)(H2,24,26,27);1H. The minimum Gasteiger partial charge on any atom is -0.490 e. The van der Waals surface area contributed by atoms with Crippen LogP contribution in [0.3, 0.4) is 0 Å². The Labute approximate surface area is 205 Å². The second kappa shape index (κ2) is 15.2. The van der Waals surface area contributed by atoms with Crippen LogP contribution in [-0.4, -0.2) is 45.2 Å². The molecule has 1 atom stereocenters. The highest BCUT2D eigenvalue weighted by atomic mass is 127. The van der Waals surface area contributed by atoms with Gasteiger partial charge in [-0.05, 0) is 37.5 Å². The Hall–Kier alpha value is -1.71. The van der Waals surface area contributed by atoms with E-state index in [1.807, 2.05) is 39.0 Å². The average molecular weight is 549 g/mol. The lowest BCUT2D eigenvalue weighted by atomic mass is 9.96. The summed E-state index contributed by atoms with van der Waals surface area (Å²) in [5, 5.41) is 9.53. The van der Waals surface area contributed by atoms with Gasteiger partial charge in [-0.1, -0.05) is 40.7 Å². The molecule has 0 radical (unpaired) electrons. The molecule has 1 aromatic carbocycles. The summed E-state index contributed by atoms with van der Waals surface area (Å²) in [7, 11) is 1.73. The zero-order valence-electron chi connectivity index (χ0n) is 20.1. The van der Waals surface area contributed by atoms with Gasteiger partial charge in [-0.3, -0.25) is 9.79 Å². The molecule has 1 amide bonds. The van der Waals surface area contributed by atoms with Crippen molar-refractivity contribution in [1.82, 2.24) is 16.0 Å². The number of guanidine groups is 1. The molecule has 1 rings (SSSR count). The number of amides is 1. The number of carbonyl (C=O) groups is 1. The van der Waals surface area contributed by atoms with Crippen LogP contribution in [0.4, 0.5) is 0 Å². The third-order valence-corrected chi connectivity index (χ3v) is 4.35. The first-order valence-corrected chi connectivity index (χ1v) is 10.9. The van der Waals surface area contributed by atoms with Gasteiger partial charge < -0.3 is 25.4 Å². The van der Waals surface area contributed by atoms with Gasteiger partial charge in [0.2, 0.25) is 5.91 Å². The fourth-order valence-corrected chi connectivity index (χ4v) is 2.56. The van der Waals surface area contributed by atoms with Crippen molar-refractivity contribution in [3.8, 4) is 11.5 Å². The van der Waals surface area contributed by atoms with E-state index in [4.69, 9.17) is 9.47 Å². The highest BCUT2D eigenvalue weighted by Crippen LogP contribution is 2.31. The minimum absolute atomic E-state index is 0. The second-order valence-corrected chi connectivity index (χ2v) is 8.27. The fourth-order valence-electron chi connectivity index (χ4n) is 2.56. The minimum atomic E-state index is -0.390. The molecule has 0 spiro atoms. The molecule has 1 aromatic rings. The van der Waals surface area contributed by atoms with Crippen LogP contribution < -0.4 is 25.4 Å². The number of ether oxygens (including phenoxy) is 2. The molecule has 31 heavy (non-hydrogen) atoms. The van der Waals surface area contributed by atoms with E-state index in [1.54, 1.807) is 7.05 Å². The molecule has 0 aliphatic carbocycles. The van der Waals surface area contributed by atoms with Gasteiger partial charge >= 0.3 is 0 Å². The summed E-state index contributed by atoms with van der Waals surface area (Å²) in [6.45, 7) is 14.4. The molecule has 0 saturated carbocycles. The second-order valence-electron chi connectivity index (χ2n) is 8.27. The summed E-state index contributed by atoms with van der Waals surface area (Å²) >= 11 is 0. The third-order valence-electron chi connectivity index (χ3n) is 4.35. The van der Waals surface area contributed by atoms with Crippen molar-refractivity contribution in [2.24, 2.45) is 10.4 Å². The molecule has 0 aliphatic rings. The largest absolute Gasteiger partial charge is 0.490 e. The summed E-state index contributed by atoms with van der Waals surface area (Å²) in [5.41, 5.74) is 0.688. The smallest absolute Gasteiger partial charge is 0.225 e. The molecule has 0 aromatic heterocycles. The average Bonchev–Trinajstić information content (AvgIpc) is 2.71.